The largest absolute Gasteiger partial charge is 0.478 e. The van der Waals surface area contributed by atoms with Gasteiger partial charge >= 0.3 is 5.97 Å². The Morgan fingerprint density at radius 3 is 2.41 bits per heavy atom. The Hall–Kier alpha value is -1.51. The first-order valence-electron chi connectivity index (χ1n) is 6.13. The summed E-state index contributed by atoms with van der Waals surface area (Å²) in [6, 6.07) is 6.52. The second-order valence-electron chi connectivity index (χ2n) is 4.94. The van der Waals surface area contributed by atoms with Crippen LogP contribution >= 0.6 is 0 Å². The van der Waals surface area contributed by atoms with E-state index in [-0.39, 0.29) is 0 Å². The molecule has 1 saturated heterocycles. The SMILES string of the molecule is Cc1c(C(=O)O)cccc1N1[C@H](C)CC[C@H]1C. The van der Waals surface area contributed by atoms with E-state index in [0.717, 1.165) is 11.3 Å². The number of benzene rings is 1. The molecule has 3 nitrogen and oxygen atoms in total. The molecular formula is C14H19NO2. The molecule has 17 heavy (non-hydrogen) atoms. The Kier molecular flexibility index (Phi) is 3.09. The number of carbonyl (C=O) groups is 1. The molecule has 1 fully saturated rings. The summed E-state index contributed by atoms with van der Waals surface area (Å²) in [4.78, 5) is 13.5. The molecule has 1 aromatic rings. The maximum atomic E-state index is 11.1. The van der Waals surface area contributed by atoms with Gasteiger partial charge in [0, 0.05) is 17.8 Å². The van der Waals surface area contributed by atoms with Crippen LogP contribution in [-0.2, 0) is 0 Å². The summed E-state index contributed by atoms with van der Waals surface area (Å²) in [5.74, 6) is -0.844. The van der Waals surface area contributed by atoms with E-state index in [1.165, 1.54) is 12.8 Å². The van der Waals surface area contributed by atoms with E-state index in [1.807, 2.05) is 19.1 Å². The highest BCUT2D eigenvalue weighted by Gasteiger charge is 2.29. The highest BCUT2D eigenvalue weighted by Crippen LogP contribution is 2.33. The lowest BCUT2D eigenvalue weighted by molar-refractivity contribution is 0.0696. The van der Waals surface area contributed by atoms with Gasteiger partial charge in [0.1, 0.15) is 0 Å². The zero-order valence-electron chi connectivity index (χ0n) is 10.6. The molecule has 1 aromatic carbocycles. The van der Waals surface area contributed by atoms with Crippen molar-refractivity contribution >= 4 is 11.7 Å². The van der Waals surface area contributed by atoms with E-state index in [9.17, 15) is 4.79 Å². The molecule has 0 spiro atoms. The summed E-state index contributed by atoms with van der Waals surface area (Å²) in [5, 5.41) is 9.15. The highest BCUT2D eigenvalue weighted by molar-refractivity contribution is 5.91. The second-order valence-corrected chi connectivity index (χ2v) is 4.94. The van der Waals surface area contributed by atoms with Crippen LogP contribution in [0.3, 0.4) is 0 Å². The second kappa shape index (κ2) is 4.40. The standard InChI is InChI=1S/C14H19NO2/c1-9-7-8-10(2)15(9)13-6-4-5-12(11(13)3)14(16)17/h4-6,9-10H,7-8H2,1-3H3,(H,16,17)/t9-,10-/m1/s1. The van der Waals surface area contributed by atoms with E-state index in [1.54, 1.807) is 6.07 Å². The smallest absolute Gasteiger partial charge is 0.336 e. The zero-order chi connectivity index (χ0) is 12.6. The number of hydrogen-bond donors (Lipinski definition) is 1. The first kappa shape index (κ1) is 12.0. The van der Waals surface area contributed by atoms with E-state index in [2.05, 4.69) is 18.7 Å². The summed E-state index contributed by atoms with van der Waals surface area (Å²) in [6.45, 7) is 6.31. The lowest BCUT2D eigenvalue weighted by Crippen LogP contribution is -2.33. The predicted octanol–water partition coefficient (Wildman–Crippen LogP) is 3.07. The highest BCUT2D eigenvalue weighted by atomic mass is 16.4. The van der Waals surface area contributed by atoms with Crippen LogP contribution in [0, 0.1) is 6.92 Å². The topological polar surface area (TPSA) is 40.5 Å². The molecule has 0 aliphatic carbocycles. The summed E-state index contributed by atoms with van der Waals surface area (Å²) >= 11 is 0. The fraction of sp³-hybridized carbons (Fsp3) is 0.500. The Labute approximate surface area is 102 Å². The predicted molar refractivity (Wildman–Crippen MR) is 68.8 cm³/mol. The number of carboxylic acids is 1. The van der Waals surface area contributed by atoms with Crippen LogP contribution in [0.1, 0.15) is 42.6 Å². The van der Waals surface area contributed by atoms with Crippen molar-refractivity contribution in [3.8, 4) is 0 Å². The van der Waals surface area contributed by atoms with Gasteiger partial charge < -0.3 is 10.0 Å². The van der Waals surface area contributed by atoms with Gasteiger partial charge in [0.05, 0.1) is 5.56 Å². The van der Waals surface area contributed by atoms with Crippen LogP contribution in [0.15, 0.2) is 18.2 Å². The molecule has 2 atom stereocenters. The minimum Gasteiger partial charge on any atom is -0.478 e. The minimum atomic E-state index is -0.844. The number of rotatable bonds is 2. The van der Waals surface area contributed by atoms with E-state index < -0.39 is 5.97 Å². The van der Waals surface area contributed by atoms with Crippen molar-refractivity contribution in [2.24, 2.45) is 0 Å². The Morgan fingerprint density at radius 1 is 1.29 bits per heavy atom. The maximum absolute atomic E-state index is 11.1. The van der Waals surface area contributed by atoms with E-state index in [0.29, 0.717) is 17.6 Å². The molecule has 1 N–H and O–H groups in total. The molecule has 92 valence electrons. The molecule has 0 amide bonds. The summed E-state index contributed by atoms with van der Waals surface area (Å²) < 4.78 is 0. The van der Waals surface area contributed by atoms with Crippen molar-refractivity contribution < 1.29 is 9.90 Å². The molecule has 1 heterocycles. The molecular weight excluding hydrogens is 214 g/mol. The first-order valence-corrected chi connectivity index (χ1v) is 6.13. The van der Waals surface area contributed by atoms with E-state index in [4.69, 9.17) is 5.11 Å². The normalized spacial score (nSPS) is 24.1. The van der Waals surface area contributed by atoms with Crippen molar-refractivity contribution in [2.45, 2.75) is 45.7 Å². The molecule has 0 bridgehead atoms. The van der Waals surface area contributed by atoms with Crippen LogP contribution in [0.4, 0.5) is 5.69 Å². The van der Waals surface area contributed by atoms with Gasteiger partial charge in [-0.05, 0) is 51.3 Å². The average Bonchev–Trinajstić information content (AvgIpc) is 2.59. The molecule has 0 aromatic heterocycles. The third-order valence-electron chi connectivity index (χ3n) is 3.77. The van der Waals surface area contributed by atoms with Crippen LogP contribution in [0.25, 0.3) is 0 Å². The van der Waals surface area contributed by atoms with Gasteiger partial charge in [0.2, 0.25) is 0 Å². The van der Waals surface area contributed by atoms with Crippen LogP contribution in [0.2, 0.25) is 0 Å². The lowest BCUT2D eigenvalue weighted by Gasteiger charge is -2.30. The van der Waals surface area contributed by atoms with Crippen LogP contribution in [0.5, 0.6) is 0 Å². The third kappa shape index (κ3) is 2.02. The van der Waals surface area contributed by atoms with Gasteiger partial charge in [-0.3, -0.25) is 0 Å². The van der Waals surface area contributed by atoms with Crippen molar-refractivity contribution in [1.29, 1.82) is 0 Å². The van der Waals surface area contributed by atoms with Crippen molar-refractivity contribution in [2.75, 3.05) is 4.90 Å². The number of aromatic carboxylic acids is 1. The Balaban J connectivity index is 2.45. The minimum absolute atomic E-state index is 0.411. The molecule has 0 unspecified atom stereocenters. The molecule has 1 aliphatic heterocycles. The monoisotopic (exact) mass is 233 g/mol. The summed E-state index contributed by atoms with van der Waals surface area (Å²) in [7, 11) is 0. The fourth-order valence-electron chi connectivity index (χ4n) is 2.80. The Morgan fingerprint density at radius 2 is 1.88 bits per heavy atom. The van der Waals surface area contributed by atoms with Gasteiger partial charge in [0.15, 0.2) is 0 Å². The van der Waals surface area contributed by atoms with Gasteiger partial charge in [-0.15, -0.1) is 0 Å². The molecule has 1 aliphatic rings. The molecule has 0 saturated carbocycles. The number of hydrogen-bond acceptors (Lipinski definition) is 2. The Bertz CT molecular complexity index is 432. The van der Waals surface area contributed by atoms with E-state index >= 15 is 0 Å². The number of anilines is 1. The van der Waals surface area contributed by atoms with Crippen molar-refractivity contribution in [3.05, 3.63) is 29.3 Å². The fourth-order valence-corrected chi connectivity index (χ4v) is 2.80. The molecule has 2 rings (SSSR count). The van der Waals surface area contributed by atoms with Gasteiger partial charge in [-0.25, -0.2) is 4.79 Å². The summed E-state index contributed by atoms with van der Waals surface area (Å²) in [6.07, 6.45) is 2.36. The maximum Gasteiger partial charge on any atom is 0.336 e. The van der Waals surface area contributed by atoms with Crippen LogP contribution in [-0.4, -0.2) is 23.2 Å². The quantitative estimate of drug-likeness (QED) is 0.853. The lowest BCUT2D eigenvalue weighted by atomic mass is 10.0. The van der Waals surface area contributed by atoms with Gasteiger partial charge in [0.25, 0.3) is 0 Å². The zero-order valence-corrected chi connectivity index (χ0v) is 10.6. The first-order chi connectivity index (χ1) is 8.02. The number of carboxylic acid groups (broad SMARTS) is 1. The van der Waals surface area contributed by atoms with Crippen LogP contribution < -0.4 is 4.90 Å². The summed E-state index contributed by atoms with van der Waals surface area (Å²) in [5.41, 5.74) is 2.36. The molecule has 0 radical (unpaired) electrons. The van der Waals surface area contributed by atoms with Gasteiger partial charge in [-0.1, -0.05) is 6.07 Å². The average molecular weight is 233 g/mol. The number of nitrogens with zero attached hydrogens (tertiary/aromatic N) is 1. The van der Waals surface area contributed by atoms with Crippen molar-refractivity contribution in [1.82, 2.24) is 0 Å². The molecule has 3 heteroatoms. The van der Waals surface area contributed by atoms with Gasteiger partial charge in [-0.2, -0.15) is 0 Å². The third-order valence-corrected chi connectivity index (χ3v) is 3.77. The van der Waals surface area contributed by atoms with Crippen molar-refractivity contribution in [3.63, 3.8) is 0 Å².